The van der Waals surface area contributed by atoms with Crippen molar-refractivity contribution in [3.63, 3.8) is 0 Å². The van der Waals surface area contributed by atoms with Crippen molar-refractivity contribution in [2.24, 2.45) is 17.6 Å². The Morgan fingerprint density at radius 3 is 2.54 bits per heavy atom. The SMILES string of the molecule is CO[C@H]1/C=C\C=C(/C)C(=O)NC2=CC(=O)C(NCc3cccc(C#N)c3)=C(C[C@@H](C)C[C@H](OC)[C@H](O)[C@@H](C)/C=C(\C)[C@@H]1OC(N)=O)C2=O. The largest absolute Gasteiger partial charge is 0.439 e. The molecule has 0 fully saturated rings. The Labute approximate surface area is 281 Å². The number of ether oxygens (including phenoxy) is 3. The van der Waals surface area contributed by atoms with Crippen molar-refractivity contribution in [1.29, 1.82) is 5.26 Å². The van der Waals surface area contributed by atoms with E-state index in [1.165, 1.54) is 27.2 Å². The standard InChI is InChI=1S/C36H44N4O8/c1-20-13-26-31(39-19-25-11-8-10-24(16-25)18-37)28(41)17-27(33(26)43)40-35(44)21(2)9-7-12-29(46-5)34(48-36(38)45)23(4)15-22(3)32(42)30(14-20)47-6/h7-12,15-17,20,22,29-30,32,34,39,42H,13-14,19H2,1-6H3,(H2,38,45)(H,40,44)/b12-7-,21-9+,23-15+/t20-,22+,29+,30+,32-,34+/m1/s1. The molecule has 2 bridgehead atoms. The van der Waals surface area contributed by atoms with Crippen LogP contribution in [0.25, 0.3) is 0 Å². The van der Waals surface area contributed by atoms with Crippen LogP contribution in [0.3, 0.4) is 0 Å². The summed E-state index contributed by atoms with van der Waals surface area (Å²) in [5, 5.41) is 26.3. The van der Waals surface area contributed by atoms with Crippen LogP contribution < -0.4 is 16.4 Å². The molecule has 6 atom stereocenters. The second-order valence-corrected chi connectivity index (χ2v) is 12.1. The van der Waals surface area contributed by atoms with Crippen LogP contribution in [0.15, 0.2) is 82.8 Å². The number of aliphatic hydroxyl groups is 1. The first-order valence-electron chi connectivity index (χ1n) is 15.6. The van der Waals surface area contributed by atoms with Crippen LogP contribution >= 0.6 is 0 Å². The van der Waals surface area contributed by atoms with E-state index >= 15 is 0 Å². The van der Waals surface area contributed by atoms with Crippen molar-refractivity contribution >= 4 is 23.6 Å². The van der Waals surface area contributed by atoms with Crippen LogP contribution in [0.2, 0.25) is 0 Å². The molecule has 0 spiro atoms. The highest BCUT2D eigenvalue weighted by Crippen LogP contribution is 2.29. The Balaban J connectivity index is 2.07. The fourth-order valence-electron chi connectivity index (χ4n) is 5.72. The number of Topliss-reactive ketones (excluding diaryl/α,β-unsaturated/α-hetero) is 1. The van der Waals surface area contributed by atoms with E-state index in [1.807, 2.05) is 6.92 Å². The number of benzene rings is 1. The molecule has 12 heteroatoms. The fourth-order valence-corrected chi connectivity index (χ4v) is 5.72. The van der Waals surface area contributed by atoms with Gasteiger partial charge in [0.1, 0.15) is 6.10 Å². The molecule has 0 unspecified atom stereocenters. The van der Waals surface area contributed by atoms with Gasteiger partial charge in [-0.1, -0.05) is 50.3 Å². The molecule has 5 N–H and O–H groups in total. The maximum absolute atomic E-state index is 13.9. The monoisotopic (exact) mass is 660 g/mol. The van der Waals surface area contributed by atoms with Crippen molar-refractivity contribution in [3.8, 4) is 6.07 Å². The van der Waals surface area contributed by atoms with Gasteiger partial charge >= 0.3 is 6.09 Å². The second-order valence-electron chi connectivity index (χ2n) is 12.1. The summed E-state index contributed by atoms with van der Waals surface area (Å²) in [7, 11) is 2.90. The number of carbonyl (C=O) groups excluding carboxylic acids is 4. The quantitative estimate of drug-likeness (QED) is 0.260. The highest BCUT2D eigenvalue weighted by molar-refractivity contribution is 6.23. The number of nitriles is 1. The summed E-state index contributed by atoms with van der Waals surface area (Å²) >= 11 is 0. The average Bonchev–Trinajstić information content (AvgIpc) is 3.05. The summed E-state index contributed by atoms with van der Waals surface area (Å²) in [6.45, 7) is 7.11. The van der Waals surface area contributed by atoms with E-state index < -0.39 is 53.9 Å². The Bertz CT molecular complexity index is 1600. The topological polar surface area (TPSA) is 190 Å². The molecule has 12 nitrogen and oxygen atoms in total. The van der Waals surface area contributed by atoms with Gasteiger partial charge in [-0.25, -0.2) is 4.79 Å². The molecule has 1 aliphatic carbocycles. The number of primary amides is 1. The molecule has 1 aromatic rings. The number of nitrogens with two attached hydrogens (primary N) is 1. The van der Waals surface area contributed by atoms with E-state index in [1.54, 1.807) is 56.3 Å². The van der Waals surface area contributed by atoms with Crippen LogP contribution in [-0.2, 0) is 35.1 Å². The number of hydrogen-bond donors (Lipinski definition) is 4. The van der Waals surface area contributed by atoms with Gasteiger partial charge in [-0.3, -0.25) is 14.4 Å². The molecule has 0 aromatic heterocycles. The summed E-state index contributed by atoms with van der Waals surface area (Å²) in [6.07, 6.45) is 3.50. The number of rotatable bonds is 6. The summed E-state index contributed by atoms with van der Waals surface area (Å²) < 4.78 is 16.7. The van der Waals surface area contributed by atoms with Crippen molar-refractivity contribution in [3.05, 3.63) is 93.9 Å². The number of aliphatic hydroxyl groups excluding tert-OH is 1. The zero-order valence-electron chi connectivity index (χ0n) is 28.1. The molecule has 1 heterocycles. The number of methoxy groups -OCH3 is 2. The van der Waals surface area contributed by atoms with Crippen LogP contribution in [-0.4, -0.2) is 67.3 Å². The first-order chi connectivity index (χ1) is 22.8. The predicted octanol–water partition coefficient (Wildman–Crippen LogP) is 3.42. The summed E-state index contributed by atoms with van der Waals surface area (Å²) in [6, 6.07) is 8.97. The predicted molar refractivity (Wildman–Crippen MR) is 178 cm³/mol. The Kier molecular flexibility index (Phi) is 13.6. The van der Waals surface area contributed by atoms with E-state index in [-0.39, 0.29) is 41.4 Å². The van der Waals surface area contributed by atoms with Crippen molar-refractivity contribution < 1.29 is 38.5 Å². The summed E-state index contributed by atoms with van der Waals surface area (Å²) in [5.41, 5.74) is 7.47. The maximum atomic E-state index is 13.9. The first-order valence-corrected chi connectivity index (χ1v) is 15.6. The van der Waals surface area contributed by atoms with Crippen LogP contribution in [0.1, 0.15) is 51.7 Å². The third-order valence-electron chi connectivity index (χ3n) is 8.32. The highest BCUT2D eigenvalue weighted by Gasteiger charge is 2.33. The fraction of sp³-hybridized carbons (Fsp3) is 0.417. The minimum absolute atomic E-state index is 0.0980. The zero-order valence-corrected chi connectivity index (χ0v) is 28.1. The molecular weight excluding hydrogens is 616 g/mol. The Morgan fingerprint density at radius 2 is 1.90 bits per heavy atom. The number of ketones is 2. The lowest BCUT2D eigenvalue weighted by Gasteiger charge is -2.30. The lowest BCUT2D eigenvalue weighted by Crippen LogP contribution is -2.37. The van der Waals surface area contributed by atoms with Gasteiger partial charge in [0.15, 0.2) is 6.10 Å². The van der Waals surface area contributed by atoms with E-state index in [0.29, 0.717) is 17.6 Å². The summed E-state index contributed by atoms with van der Waals surface area (Å²) in [5.74, 6) is -2.34. The van der Waals surface area contributed by atoms with Gasteiger partial charge < -0.3 is 35.7 Å². The molecule has 0 saturated heterocycles. The minimum Gasteiger partial charge on any atom is -0.439 e. The normalized spacial score (nSPS) is 29.0. The minimum atomic E-state index is -1.01. The van der Waals surface area contributed by atoms with Gasteiger partial charge in [-0.15, -0.1) is 0 Å². The van der Waals surface area contributed by atoms with Gasteiger partial charge in [0.2, 0.25) is 11.6 Å². The van der Waals surface area contributed by atoms with Crippen molar-refractivity contribution in [2.75, 3.05) is 14.2 Å². The van der Waals surface area contributed by atoms with E-state index in [4.69, 9.17) is 19.9 Å². The average molecular weight is 661 g/mol. The zero-order chi connectivity index (χ0) is 35.5. The van der Waals surface area contributed by atoms with Gasteiger partial charge in [0.05, 0.1) is 35.2 Å². The van der Waals surface area contributed by atoms with Gasteiger partial charge in [0.25, 0.3) is 5.91 Å². The third-order valence-corrected chi connectivity index (χ3v) is 8.32. The second kappa shape index (κ2) is 17.4. The van der Waals surface area contributed by atoms with E-state index in [9.17, 15) is 29.5 Å². The number of carbonyl (C=O) groups is 4. The molecule has 0 radical (unpaired) electrons. The smallest absolute Gasteiger partial charge is 0.405 e. The van der Waals surface area contributed by atoms with E-state index in [2.05, 4.69) is 16.7 Å². The number of nitrogens with one attached hydrogen (secondary N) is 2. The number of nitrogens with zero attached hydrogens (tertiary/aromatic N) is 1. The molecule has 1 aliphatic heterocycles. The Hall–Kier alpha value is -4.83. The van der Waals surface area contributed by atoms with Gasteiger partial charge in [-0.05, 0) is 55.9 Å². The summed E-state index contributed by atoms with van der Waals surface area (Å²) in [4.78, 5) is 52.3. The number of fused-ring (bicyclic) bond motifs is 2. The van der Waals surface area contributed by atoms with Crippen molar-refractivity contribution in [2.45, 2.75) is 71.5 Å². The first kappa shape index (κ1) is 37.6. The number of amides is 2. The molecule has 48 heavy (non-hydrogen) atoms. The molecule has 1 aromatic carbocycles. The Morgan fingerprint density at radius 1 is 1.17 bits per heavy atom. The van der Waals surface area contributed by atoms with E-state index in [0.717, 1.165) is 11.6 Å². The van der Waals surface area contributed by atoms with Crippen LogP contribution in [0, 0.1) is 23.2 Å². The highest BCUT2D eigenvalue weighted by atomic mass is 16.6. The van der Waals surface area contributed by atoms with Crippen LogP contribution in [0.5, 0.6) is 0 Å². The lowest BCUT2D eigenvalue weighted by atomic mass is 9.85. The third kappa shape index (κ3) is 9.84. The van der Waals surface area contributed by atoms with Gasteiger partial charge in [0, 0.05) is 43.9 Å². The number of hydrogen-bond acceptors (Lipinski definition) is 10. The lowest BCUT2D eigenvalue weighted by molar-refractivity contribution is -0.120. The van der Waals surface area contributed by atoms with Gasteiger partial charge in [-0.2, -0.15) is 5.26 Å². The van der Waals surface area contributed by atoms with Crippen LogP contribution in [0.4, 0.5) is 4.79 Å². The molecule has 0 saturated carbocycles. The maximum Gasteiger partial charge on any atom is 0.405 e. The van der Waals surface area contributed by atoms with Crippen molar-refractivity contribution in [1.82, 2.24) is 10.6 Å². The molecular formula is C36H44N4O8. The molecule has 3 rings (SSSR count). The number of allylic oxidation sites excluding steroid dienone is 4. The molecule has 256 valence electrons. The molecule has 2 amide bonds. The molecule has 2 aliphatic rings.